The van der Waals surface area contributed by atoms with Crippen molar-refractivity contribution in [2.24, 2.45) is 0 Å². The van der Waals surface area contributed by atoms with Crippen LogP contribution in [0.15, 0.2) is 90.8 Å². The van der Waals surface area contributed by atoms with Crippen LogP contribution < -0.4 is 15.0 Å². The normalized spacial score (nSPS) is 12.5. The first kappa shape index (κ1) is 24.0. The second-order valence-corrected chi connectivity index (χ2v) is 8.29. The third-order valence-corrected chi connectivity index (χ3v) is 5.82. The van der Waals surface area contributed by atoms with Crippen molar-refractivity contribution in [2.45, 2.75) is 19.3 Å². The van der Waals surface area contributed by atoms with Crippen molar-refractivity contribution >= 4 is 18.5 Å². The summed E-state index contributed by atoms with van der Waals surface area (Å²) in [5.74, 6) is 2.53. The number of hydrogen-bond acceptors (Lipinski definition) is 5. The Kier molecular flexibility index (Phi) is 8.43. The summed E-state index contributed by atoms with van der Waals surface area (Å²) in [6.07, 6.45) is 12.5. The van der Waals surface area contributed by atoms with Gasteiger partial charge in [0, 0.05) is 37.0 Å². The Bertz CT molecular complexity index is 1180. The zero-order chi connectivity index (χ0) is 24.3. The van der Waals surface area contributed by atoms with Crippen molar-refractivity contribution in [3.8, 4) is 16.9 Å². The molecule has 1 aromatic heterocycles. The fourth-order valence-corrected chi connectivity index (χ4v) is 3.95. The summed E-state index contributed by atoms with van der Waals surface area (Å²) >= 11 is 0. The number of hydrogen-bond donors (Lipinski definition) is 1. The SMILES string of the molecule is O=CNCCN(CCc1cccc(C=O)c1)c1ccc(-c2ccc(OC3=CCCC=C3)cc2)cn1. The van der Waals surface area contributed by atoms with Gasteiger partial charge in [0.25, 0.3) is 0 Å². The molecule has 35 heavy (non-hydrogen) atoms. The lowest BCUT2D eigenvalue weighted by molar-refractivity contribution is -0.109. The van der Waals surface area contributed by atoms with Gasteiger partial charge in [0.15, 0.2) is 0 Å². The lowest BCUT2D eigenvalue weighted by atomic mass is 10.1. The molecular weight excluding hydrogens is 438 g/mol. The first-order valence-electron chi connectivity index (χ1n) is 11.8. The van der Waals surface area contributed by atoms with Crippen LogP contribution in [0.5, 0.6) is 5.75 Å². The monoisotopic (exact) mass is 467 g/mol. The molecule has 6 nitrogen and oxygen atoms in total. The molecule has 1 amide bonds. The average Bonchev–Trinajstić information content (AvgIpc) is 2.92. The van der Waals surface area contributed by atoms with E-state index < -0.39 is 0 Å². The lowest BCUT2D eigenvalue weighted by Gasteiger charge is -2.24. The van der Waals surface area contributed by atoms with Gasteiger partial charge in [-0.1, -0.05) is 36.4 Å². The fourth-order valence-electron chi connectivity index (χ4n) is 3.95. The van der Waals surface area contributed by atoms with Crippen LogP contribution in [0.4, 0.5) is 5.82 Å². The van der Waals surface area contributed by atoms with E-state index in [9.17, 15) is 9.59 Å². The lowest BCUT2D eigenvalue weighted by Crippen LogP contribution is -2.33. The molecule has 1 aliphatic rings. The van der Waals surface area contributed by atoms with Crippen molar-refractivity contribution < 1.29 is 14.3 Å². The minimum Gasteiger partial charge on any atom is -0.458 e. The Hall–Kier alpha value is -4.19. The molecule has 0 spiro atoms. The number of aldehydes is 1. The molecule has 0 bridgehead atoms. The third-order valence-electron chi connectivity index (χ3n) is 5.82. The molecular formula is C29H29N3O3. The molecule has 1 N–H and O–H groups in total. The van der Waals surface area contributed by atoms with Crippen LogP contribution in [0.1, 0.15) is 28.8 Å². The van der Waals surface area contributed by atoms with Crippen molar-refractivity contribution in [3.63, 3.8) is 0 Å². The second-order valence-electron chi connectivity index (χ2n) is 8.29. The molecule has 0 unspecified atom stereocenters. The van der Waals surface area contributed by atoms with Crippen LogP contribution in [0.25, 0.3) is 11.1 Å². The van der Waals surface area contributed by atoms with Crippen LogP contribution >= 0.6 is 0 Å². The number of carbonyl (C=O) groups excluding carboxylic acids is 2. The molecule has 0 fully saturated rings. The van der Waals surface area contributed by atoms with E-state index in [0.29, 0.717) is 31.6 Å². The van der Waals surface area contributed by atoms with Gasteiger partial charge in [-0.3, -0.25) is 9.59 Å². The Morgan fingerprint density at radius 3 is 2.54 bits per heavy atom. The van der Waals surface area contributed by atoms with E-state index in [4.69, 9.17) is 9.72 Å². The van der Waals surface area contributed by atoms with E-state index in [1.165, 1.54) is 0 Å². The van der Waals surface area contributed by atoms with E-state index >= 15 is 0 Å². The topological polar surface area (TPSA) is 71.5 Å². The largest absolute Gasteiger partial charge is 0.458 e. The Labute approximate surface area is 206 Å². The summed E-state index contributed by atoms with van der Waals surface area (Å²) < 4.78 is 5.92. The minimum atomic E-state index is 0.522. The van der Waals surface area contributed by atoms with Crippen molar-refractivity contribution in [1.82, 2.24) is 10.3 Å². The van der Waals surface area contributed by atoms with E-state index in [2.05, 4.69) is 28.4 Å². The number of benzene rings is 2. The smallest absolute Gasteiger partial charge is 0.207 e. The third kappa shape index (κ3) is 6.90. The first-order chi connectivity index (χ1) is 17.2. The van der Waals surface area contributed by atoms with E-state index in [1.807, 2.05) is 60.8 Å². The number of amides is 1. The number of nitrogens with one attached hydrogen (secondary N) is 1. The molecule has 4 rings (SSSR count). The van der Waals surface area contributed by atoms with Crippen molar-refractivity contribution in [3.05, 3.63) is 102 Å². The highest BCUT2D eigenvalue weighted by molar-refractivity contribution is 5.74. The maximum atomic E-state index is 11.1. The quantitative estimate of drug-likeness (QED) is 0.301. The highest BCUT2D eigenvalue weighted by Crippen LogP contribution is 2.25. The van der Waals surface area contributed by atoms with Crippen molar-refractivity contribution in [1.29, 1.82) is 0 Å². The summed E-state index contributed by atoms with van der Waals surface area (Å²) in [7, 11) is 0. The Balaban J connectivity index is 1.43. The molecule has 0 aliphatic heterocycles. The van der Waals surface area contributed by atoms with Gasteiger partial charge < -0.3 is 15.0 Å². The number of aromatic nitrogens is 1. The Morgan fingerprint density at radius 1 is 0.971 bits per heavy atom. The van der Waals surface area contributed by atoms with Gasteiger partial charge >= 0.3 is 0 Å². The standard InChI is InChI=1S/C29H29N3O3/c33-21-24-6-4-5-23(19-24)15-17-32(18-16-30-22-34)29-14-11-26(20-31-29)25-9-12-28(13-10-25)35-27-7-2-1-3-8-27/h2,4-14,19-22H,1,3,15-18H2,(H,30,34). The van der Waals surface area contributed by atoms with E-state index in [1.54, 1.807) is 6.07 Å². The van der Waals surface area contributed by atoms with Crippen LogP contribution in [0.2, 0.25) is 0 Å². The number of ether oxygens (including phenoxy) is 1. The van der Waals surface area contributed by atoms with Gasteiger partial charge in [0.05, 0.1) is 0 Å². The maximum absolute atomic E-state index is 11.1. The summed E-state index contributed by atoms with van der Waals surface area (Å²) in [5.41, 5.74) is 3.83. The molecule has 1 aliphatic carbocycles. The molecule has 178 valence electrons. The molecule has 0 atom stereocenters. The van der Waals surface area contributed by atoms with Gasteiger partial charge in [-0.25, -0.2) is 4.98 Å². The molecule has 0 radical (unpaired) electrons. The minimum absolute atomic E-state index is 0.522. The summed E-state index contributed by atoms with van der Waals surface area (Å²) in [4.78, 5) is 28.6. The molecule has 0 saturated carbocycles. The van der Waals surface area contributed by atoms with Gasteiger partial charge in [-0.05, 0) is 72.9 Å². The van der Waals surface area contributed by atoms with Gasteiger partial charge in [-0.2, -0.15) is 0 Å². The second kappa shape index (κ2) is 12.3. The zero-order valence-corrected chi connectivity index (χ0v) is 19.6. The van der Waals surface area contributed by atoms with Gasteiger partial charge in [-0.15, -0.1) is 0 Å². The molecule has 6 heteroatoms. The highest BCUT2D eigenvalue weighted by Gasteiger charge is 2.10. The first-order valence-corrected chi connectivity index (χ1v) is 11.8. The van der Waals surface area contributed by atoms with Gasteiger partial charge in [0.2, 0.25) is 6.41 Å². The number of pyridine rings is 1. The summed E-state index contributed by atoms with van der Waals surface area (Å²) in [6.45, 7) is 1.87. The number of carbonyl (C=O) groups is 2. The van der Waals surface area contributed by atoms with E-state index in [-0.39, 0.29) is 0 Å². The summed E-state index contributed by atoms with van der Waals surface area (Å²) in [6, 6.07) is 19.7. The van der Waals surface area contributed by atoms with Crippen LogP contribution in [-0.4, -0.2) is 37.3 Å². The highest BCUT2D eigenvalue weighted by atomic mass is 16.5. The number of allylic oxidation sites excluding steroid dienone is 3. The summed E-state index contributed by atoms with van der Waals surface area (Å²) in [5, 5.41) is 2.72. The molecule has 2 aromatic carbocycles. The molecule has 3 aromatic rings. The number of nitrogens with zero attached hydrogens (tertiary/aromatic N) is 2. The Morgan fingerprint density at radius 2 is 1.83 bits per heavy atom. The number of anilines is 1. The van der Waals surface area contributed by atoms with Crippen molar-refractivity contribution in [2.75, 3.05) is 24.5 Å². The predicted octanol–water partition coefficient (Wildman–Crippen LogP) is 4.97. The molecule has 0 saturated heterocycles. The predicted molar refractivity (Wildman–Crippen MR) is 139 cm³/mol. The zero-order valence-electron chi connectivity index (χ0n) is 19.6. The maximum Gasteiger partial charge on any atom is 0.207 e. The van der Waals surface area contributed by atoms with Gasteiger partial charge in [0.1, 0.15) is 23.6 Å². The number of rotatable bonds is 12. The molecule has 1 heterocycles. The van der Waals surface area contributed by atoms with Crippen LogP contribution in [0.3, 0.4) is 0 Å². The van der Waals surface area contributed by atoms with Crippen LogP contribution in [-0.2, 0) is 11.2 Å². The fraction of sp³-hybridized carbons (Fsp3) is 0.207. The average molecular weight is 468 g/mol. The van der Waals surface area contributed by atoms with E-state index in [0.717, 1.165) is 59.6 Å². The van der Waals surface area contributed by atoms with Crippen LogP contribution in [0, 0.1) is 0 Å².